The number of hydrogen-bond acceptors (Lipinski definition) is 2. The highest BCUT2D eigenvalue weighted by Crippen LogP contribution is 2.53. The Morgan fingerprint density at radius 2 is 2.21 bits per heavy atom. The van der Waals surface area contributed by atoms with E-state index in [0.29, 0.717) is 5.78 Å². The fourth-order valence-electron chi connectivity index (χ4n) is 2.15. The summed E-state index contributed by atoms with van der Waals surface area (Å²) in [5.74, 6) is 0.326. The maximum atomic E-state index is 11.8. The van der Waals surface area contributed by atoms with Gasteiger partial charge in [0.15, 0.2) is 5.78 Å². The Balaban J connectivity index is 1.93. The predicted molar refractivity (Wildman–Crippen MR) is 52.4 cm³/mol. The summed E-state index contributed by atoms with van der Waals surface area (Å²) >= 11 is 0. The first-order valence-corrected chi connectivity index (χ1v) is 5.04. The maximum Gasteiger partial charge on any atom is 0.163 e. The standard InChI is InChI=1S/C11H12N2O/c14-10-7-9(13-6-5-12-8-13)1-2-11(10)3-4-11/h5-8H,1-4H2. The second kappa shape index (κ2) is 2.56. The fraction of sp³-hybridized carbons (Fsp3) is 0.455. The van der Waals surface area contributed by atoms with Crippen molar-refractivity contribution in [2.75, 3.05) is 0 Å². The molecular weight excluding hydrogens is 176 g/mol. The van der Waals surface area contributed by atoms with Crippen molar-refractivity contribution in [1.29, 1.82) is 0 Å². The third-order valence-electron chi connectivity index (χ3n) is 3.37. The van der Waals surface area contributed by atoms with Crippen molar-refractivity contribution in [2.24, 2.45) is 5.41 Å². The molecule has 0 saturated heterocycles. The van der Waals surface area contributed by atoms with Crippen molar-refractivity contribution in [3.63, 3.8) is 0 Å². The summed E-state index contributed by atoms with van der Waals surface area (Å²) in [6, 6.07) is 0. The zero-order valence-electron chi connectivity index (χ0n) is 7.94. The van der Waals surface area contributed by atoms with Crippen LogP contribution in [-0.4, -0.2) is 15.3 Å². The number of ketones is 1. The lowest BCUT2D eigenvalue weighted by Gasteiger charge is -2.20. The van der Waals surface area contributed by atoms with E-state index in [4.69, 9.17) is 0 Å². The minimum absolute atomic E-state index is 0.0596. The van der Waals surface area contributed by atoms with Crippen LogP contribution in [0.3, 0.4) is 0 Å². The summed E-state index contributed by atoms with van der Waals surface area (Å²) in [6.45, 7) is 0. The van der Waals surface area contributed by atoms with Crippen molar-refractivity contribution >= 4 is 11.5 Å². The molecule has 0 bridgehead atoms. The molecule has 0 aromatic carbocycles. The van der Waals surface area contributed by atoms with Gasteiger partial charge in [-0.1, -0.05) is 0 Å². The van der Waals surface area contributed by atoms with Crippen molar-refractivity contribution in [2.45, 2.75) is 25.7 Å². The Bertz CT molecular complexity index is 399. The molecule has 0 atom stereocenters. The van der Waals surface area contributed by atoms with Gasteiger partial charge in [-0.05, 0) is 25.7 Å². The SMILES string of the molecule is O=C1C=C(n2ccnc2)CCC12CC2. The average Bonchev–Trinajstić information content (AvgIpc) is 2.77. The molecule has 14 heavy (non-hydrogen) atoms. The molecule has 3 heteroatoms. The van der Waals surface area contributed by atoms with E-state index in [1.165, 1.54) is 0 Å². The van der Waals surface area contributed by atoms with E-state index in [2.05, 4.69) is 4.98 Å². The van der Waals surface area contributed by atoms with Gasteiger partial charge in [0.25, 0.3) is 0 Å². The summed E-state index contributed by atoms with van der Waals surface area (Å²) in [6.07, 6.45) is 11.4. The second-order valence-electron chi connectivity index (χ2n) is 4.25. The molecule has 2 aliphatic carbocycles. The molecule has 72 valence electrons. The van der Waals surface area contributed by atoms with Crippen molar-refractivity contribution in [3.8, 4) is 0 Å². The largest absolute Gasteiger partial charge is 0.310 e. The molecule has 0 radical (unpaired) electrons. The fourth-order valence-corrected chi connectivity index (χ4v) is 2.15. The summed E-state index contributed by atoms with van der Waals surface area (Å²) in [7, 11) is 0. The van der Waals surface area contributed by atoms with Gasteiger partial charge in [-0.2, -0.15) is 0 Å². The highest BCUT2D eigenvalue weighted by atomic mass is 16.1. The molecule has 1 aromatic rings. The van der Waals surface area contributed by atoms with Crippen LogP contribution in [0.1, 0.15) is 25.7 Å². The molecule has 3 rings (SSSR count). The molecule has 3 nitrogen and oxygen atoms in total. The lowest BCUT2D eigenvalue weighted by Crippen LogP contribution is -2.19. The van der Waals surface area contributed by atoms with Gasteiger partial charge < -0.3 is 4.57 Å². The predicted octanol–water partition coefficient (Wildman–Crippen LogP) is 1.87. The molecule has 0 amide bonds. The molecule has 1 saturated carbocycles. The van der Waals surface area contributed by atoms with Gasteiger partial charge >= 0.3 is 0 Å². The minimum Gasteiger partial charge on any atom is -0.310 e. The number of carbonyl (C=O) groups excluding carboxylic acids is 1. The van der Waals surface area contributed by atoms with Crippen LogP contribution in [-0.2, 0) is 4.79 Å². The maximum absolute atomic E-state index is 11.8. The van der Waals surface area contributed by atoms with Crippen molar-refractivity contribution < 1.29 is 4.79 Å². The molecule has 1 aromatic heterocycles. The summed E-state index contributed by atoms with van der Waals surface area (Å²) in [4.78, 5) is 15.8. The molecule has 1 spiro atoms. The first-order valence-electron chi connectivity index (χ1n) is 5.04. The van der Waals surface area contributed by atoms with Crippen LogP contribution in [0.2, 0.25) is 0 Å². The number of rotatable bonds is 1. The lowest BCUT2D eigenvalue weighted by molar-refractivity contribution is -0.119. The molecule has 1 fully saturated rings. The van der Waals surface area contributed by atoms with E-state index in [1.54, 1.807) is 18.6 Å². The van der Waals surface area contributed by atoms with Gasteiger partial charge in [0.2, 0.25) is 0 Å². The Morgan fingerprint density at radius 1 is 1.36 bits per heavy atom. The van der Waals surface area contributed by atoms with E-state index in [-0.39, 0.29) is 5.41 Å². The third kappa shape index (κ3) is 1.05. The topological polar surface area (TPSA) is 34.9 Å². The van der Waals surface area contributed by atoms with Gasteiger partial charge in [0.05, 0.1) is 6.33 Å². The third-order valence-corrected chi connectivity index (χ3v) is 3.37. The Kier molecular flexibility index (Phi) is 1.46. The normalized spacial score (nSPS) is 23.7. The molecule has 1 heterocycles. The van der Waals surface area contributed by atoms with Gasteiger partial charge in [0, 0.05) is 29.6 Å². The van der Waals surface area contributed by atoms with Gasteiger partial charge in [0.1, 0.15) is 0 Å². The minimum atomic E-state index is 0.0596. The smallest absolute Gasteiger partial charge is 0.163 e. The van der Waals surface area contributed by atoms with Crippen LogP contribution in [0.25, 0.3) is 5.70 Å². The first kappa shape index (κ1) is 7.97. The molecule has 0 unspecified atom stereocenters. The van der Waals surface area contributed by atoms with E-state index < -0.39 is 0 Å². The number of carbonyl (C=O) groups is 1. The zero-order valence-corrected chi connectivity index (χ0v) is 7.94. The van der Waals surface area contributed by atoms with Gasteiger partial charge in [-0.15, -0.1) is 0 Å². The zero-order chi connectivity index (χ0) is 9.60. The highest BCUT2D eigenvalue weighted by molar-refractivity contribution is 6.01. The Labute approximate surface area is 82.4 Å². The molecule has 2 aliphatic rings. The summed E-state index contributed by atoms with van der Waals surface area (Å²) in [5.41, 5.74) is 1.15. The number of imidazole rings is 1. The average molecular weight is 188 g/mol. The van der Waals surface area contributed by atoms with E-state index in [9.17, 15) is 4.79 Å². The second-order valence-corrected chi connectivity index (χ2v) is 4.25. The Morgan fingerprint density at radius 3 is 2.79 bits per heavy atom. The van der Waals surface area contributed by atoms with Gasteiger partial charge in [-0.3, -0.25) is 4.79 Å². The van der Waals surface area contributed by atoms with Crippen LogP contribution < -0.4 is 0 Å². The van der Waals surface area contributed by atoms with Crippen molar-refractivity contribution in [3.05, 3.63) is 24.8 Å². The number of nitrogens with zero attached hydrogens (tertiary/aromatic N) is 2. The van der Waals surface area contributed by atoms with Crippen molar-refractivity contribution in [1.82, 2.24) is 9.55 Å². The first-order chi connectivity index (χ1) is 6.80. The highest BCUT2D eigenvalue weighted by Gasteiger charge is 2.49. The number of allylic oxidation sites excluding steroid dienone is 2. The van der Waals surface area contributed by atoms with Crippen LogP contribution in [0.5, 0.6) is 0 Å². The Hall–Kier alpha value is -1.38. The van der Waals surface area contributed by atoms with Crippen LogP contribution >= 0.6 is 0 Å². The molecule has 0 aliphatic heterocycles. The van der Waals surface area contributed by atoms with E-state index in [0.717, 1.165) is 31.4 Å². The quantitative estimate of drug-likeness (QED) is 0.674. The summed E-state index contributed by atoms with van der Waals surface area (Å²) < 4.78 is 1.94. The van der Waals surface area contributed by atoms with Gasteiger partial charge in [-0.25, -0.2) is 4.98 Å². The van der Waals surface area contributed by atoms with E-state index >= 15 is 0 Å². The van der Waals surface area contributed by atoms with Crippen LogP contribution in [0.15, 0.2) is 24.8 Å². The number of aromatic nitrogens is 2. The molecular formula is C11H12N2O. The lowest BCUT2D eigenvalue weighted by atomic mass is 9.88. The number of hydrogen-bond donors (Lipinski definition) is 0. The monoisotopic (exact) mass is 188 g/mol. The van der Waals surface area contributed by atoms with E-state index in [1.807, 2.05) is 10.8 Å². The molecule has 0 N–H and O–H groups in total. The van der Waals surface area contributed by atoms with Crippen LogP contribution in [0.4, 0.5) is 0 Å². The van der Waals surface area contributed by atoms with Crippen LogP contribution in [0, 0.1) is 5.41 Å². The summed E-state index contributed by atoms with van der Waals surface area (Å²) in [5, 5.41) is 0.